The molecule has 0 amide bonds. The number of anilines is 1. The third-order valence-electron chi connectivity index (χ3n) is 3.06. The van der Waals surface area contributed by atoms with Gasteiger partial charge in [-0.05, 0) is 61.6 Å². The smallest absolute Gasteiger partial charge is 0.123 e. The molecule has 0 saturated heterocycles. The normalized spacial score (nSPS) is 10.4. The molecule has 0 aliphatic rings. The van der Waals surface area contributed by atoms with Crippen LogP contribution in [0.1, 0.15) is 24.0 Å². The Hall–Kier alpha value is -1.83. The summed E-state index contributed by atoms with van der Waals surface area (Å²) < 4.78 is 13.0. The van der Waals surface area contributed by atoms with Crippen molar-refractivity contribution < 1.29 is 4.39 Å². The van der Waals surface area contributed by atoms with Crippen LogP contribution < -0.4 is 5.32 Å². The van der Waals surface area contributed by atoms with Crippen LogP contribution in [0, 0.1) is 12.7 Å². The van der Waals surface area contributed by atoms with Crippen LogP contribution in [-0.2, 0) is 6.42 Å². The summed E-state index contributed by atoms with van der Waals surface area (Å²) in [6.07, 6.45) is 3.06. The maximum atomic E-state index is 13.0. The monoisotopic (exact) mass is 256 g/mol. The number of aryl methyl sites for hydroxylation is 1. The molecule has 2 aromatic carbocycles. The van der Waals surface area contributed by atoms with Gasteiger partial charge in [0.15, 0.2) is 0 Å². The van der Waals surface area contributed by atoms with E-state index in [-0.39, 0.29) is 5.82 Å². The van der Waals surface area contributed by atoms with Crippen molar-refractivity contribution in [2.45, 2.75) is 19.3 Å². The highest BCUT2D eigenvalue weighted by atomic mass is 19.1. The van der Waals surface area contributed by atoms with Crippen LogP contribution in [0.5, 0.6) is 0 Å². The Labute approximate surface area is 114 Å². The SMILES string of the molecule is [CH2]c1ccc(NCCCCc2cccc(F)c2)cc1. The Balaban J connectivity index is 1.66. The van der Waals surface area contributed by atoms with Gasteiger partial charge in [0, 0.05) is 12.2 Å². The lowest BCUT2D eigenvalue weighted by Crippen LogP contribution is -2.02. The first kappa shape index (κ1) is 13.6. The molecule has 0 unspecified atom stereocenters. The first-order valence-corrected chi connectivity index (χ1v) is 6.64. The molecule has 1 N–H and O–H groups in total. The molecule has 0 bridgehead atoms. The molecule has 1 nitrogen and oxygen atoms in total. The quantitative estimate of drug-likeness (QED) is 0.753. The highest BCUT2D eigenvalue weighted by Gasteiger charge is 1.96. The van der Waals surface area contributed by atoms with Gasteiger partial charge in [0.05, 0.1) is 0 Å². The Bertz CT molecular complexity index is 505. The molecule has 19 heavy (non-hydrogen) atoms. The van der Waals surface area contributed by atoms with E-state index in [4.69, 9.17) is 0 Å². The molecule has 0 aliphatic heterocycles. The van der Waals surface area contributed by atoms with Gasteiger partial charge in [-0.25, -0.2) is 4.39 Å². The molecular formula is C17H19FN. The van der Waals surface area contributed by atoms with Gasteiger partial charge < -0.3 is 5.32 Å². The number of hydrogen-bond acceptors (Lipinski definition) is 1. The van der Waals surface area contributed by atoms with Crippen molar-refractivity contribution in [3.8, 4) is 0 Å². The van der Waals surface area contributed by atoms with Crippen molar-refractivity contribution in [2.75, 3.05) is 11.9 Å². The Morgan fingerprint density at radius 2 is 1.79 bits per heavy atom. The molecule has 2 heteroatoms. The predicted octanol–water partition coefficient (Wildman–Crippen LogP) is 4.44. The first-order chi connectivity index (χ1) is 9.24. The molecule has 2 aromatic rings. The Morgan fingerprint density at radius 3 is 2.53 bits per heavy atom. The maximum Gasteiger partial charge on any atom is 0.123 e. The van der Waals surface area contributed by atoms with Crippen LogP contribution in [0.3, 0.4) is 0 Å². The molecule has 0 heterocycles. The van der Waals surface area contributed by atoms with Gasteiger partial charge in [-0.2, -0.15) is 0 Å². The summed E-state index contributed by atoms with van der Waals surface area (Å²) in [7, 11) is 0. The number of nitrogens with one attached hydrogen (secondary N) is 1. The van der Waals surface area contributed by atoms with Crippen LogP contribution in [0.25, 0.3) is 0 Å². The van der Waals surface area contributed by atoms with E-state index >= 15 is 0 Å². The fraction of sp³-hybridized carbons (Fsp3) is 0.235. The molecule has 0 aromatic heterocycles. The second-order valence-electron chi connectivity index (χ2n) is 4.71. The molecule has 0 spiro atoms. The number of halogens is 1. The van der Waals surface area contributed by atoms with Crippen LogP contribution >= 0.6 is 0 Å². The molecule has 0 aliphatic carbocycles. The topological polar surface area (TPSA) is 12.0 Å². The number of rotatable bonds is 6. The fourth-order valence-electron chi connectivity index (χ4n) is 2.00. The molecule has 0 fully saturated rings. The molecular weight excluding hydrogens is 237 g/mol. The van der Waals surface area contributed by atoms with Gasteiger partial charge in [0.25, 0.3) is 0 Å². The van der Waals surface area contributed by atoms with E-state index in [1.807, 2.05) is 30.3 Å². The van der Waals surface area contributed by atoms with Crippen molar-refractivity contribution in [1.82, 2.24) is 0 Å². The summed E-state index contributed by atoms with van der Waals surface area (Å²) in [6.45, 7) is 4.79. The van der Waals surface area contributed by atoms with Crippen LogP contribution in [-0.4, -0.2) is 6.54 Å². The molecule has 0 saturated carbocycles. The minimum atomic E-state index is -0.149. The maximum absolute atomic E-state index is 13.0. The average molecular weight is 256 g/mol. The van der Waals surface area contributed by atoms with E-state index < -0.39 is 0 Å². The third kappa shape index (κ3) is 4.74. The largest absolute Gasteiger partial charge is 0.385 e. The van der Waals surface area contributed by atoms with Gasteiger partial charge >= 0.3 is 0 Å². The van der Waals surface area contributed by atoms with E-state index in [1.165, 1.54) is 6.07 Å². The summed E-state index contributed by atoms with van der Waals surface area (Å²) in [5.74, 6) is -0.149. The molecule has 0 atom stereocenters. The summed E-state index contributed by atoms with van der Waals surface area (Å²) in [6, 6.07) is 14.9. The molecule has 99 valence electrons. The van der Waals surface area contributed by atoms with E-state index in [0.29, 0.717) is 0 Å². The second-order valence-corrected chi connectivity index (χ2v) is 4.71. The van der Waals surface area contributed by atoms with Crippen LogP contribution in [0.4, 0.5) is 10.1 Å². The summed E-state index contributed by atoms with van der Waals surface area (Å²) >= 11 is 0. The molecule has 1 radical (unpaired) electrons. The van der Waals surface area contributed by atoms with E-state index in [1.54, 1.807) is 12.1 Å². The Morgan fingerprint density at radius 1 is 1.00 bits per heavy atom. The highest BCUT2D eigenvalue weighted by Crippen LogP contribution is 2.10. The number of hydrogen-bond donors (Lipinski definition) is 1. The van der Waals surface area contributed by atoms with Crippen LogP contribution in [0.15, 0.2) is 48.5 Å². The lowest BCUT2D eigenvalue weighted by Gasteiger charge is -2.06. The van der Waals surface area contributed by atoms with Gasteiger partial charge in [0.1, 0.15) is 5.82 Å². The predicted molar refractivity (Wildman–Crippen MR) is 78.7 cm³/mol. The standard InChI is InChI=1S/C17H19FN/c1-14-8-10-17(11-9-14)19-12-3-2-5-15-6-4-7-16(18)13-15/h4,6-11,13,19H,1-3,5,12H2. The van der Waals surface area contributed by atoms with Gasteiger partial charge in [0.2, 0.25) is 0 Å². The lowest BCUT2D eigenvalue weighted by atomic mass is 10.1. The van der Waals surface area contributed by atoms with Crippen molar-refractivity contribution in [3.05, 3.63) is 72.4 Å². The second kappa shape index (κ2) is 6.93. The number of benzene rings is 2. The third-order valence-corrected chi connectivity index (χ3v) is 3.06. The number of unbranched alkanes of at least 4 members (excludes halogenated alkanes) is 1. The van der Waals surface area contributed by atoms with E-state index in [9.17, 15) is 4.39 Å². The van der Waals surface area contributed by atoms with Gasteiger partial charge in [-0.1, -0.05) is 24.3 Å². The zero-order chi connectivity index (χ0) is 13.5. The van der Waals surface area contributed by atoms with Crippen molar-refractivity contribution >= 4 is 5.69 Å². The van der Waals surface area contributed by atoms with Gasteiger partial charge in [-0.3, -0.25) is 0 Å². The zero-order valence-corrected chi connectivity index (χ0v) is 11.0. The summed E-state index contributed by atoms with van der Waals surface area (Å²) in [5.41, 5.74) is 3.22. The van der Waals surface area contributed by atoms with E-state index in [0.717, 1.165) is 42.6 Å². The first-order valence-electron chi connectivity index (χ1n) is 6.64. The fourth-order valence-corrected chi connectivity index (χ4v) is 2.00. The van der Waals surface area contributed by atoms with Crippen molar-refractivity contribution in [1.29, 1.82) is 0 Å². The average Bonchev–Trinajstić information content (AvgIpc) is 2.41. The minimum Gasteiger partial charge on any atom is -0.385 e. The zero-order valence-electron chi connectivity index (χ0n) is 11.0. The van der Waals surface area contributed by atoms with Crippen molar-refractivity contribution in [2.24, 2.45) is 0 Å². The molecule has 2 rings (SSSR count). The summed E-state index contributed by atoms with van der Waals surface area (Å²) in [4.78, 5) is 0. The summed E-state index contributed by atoms with van der Waals surface area (Å²) in [5, 5.41) is 3.37. The minimum absolute atomic E-state index is 0.149. The van der Waals surface area contributed by atoms with Crippen molar-refractivity contribution in [3.63, 3.8) is 0 Å². The van der Waals surface area contributed by atoms with E-state index in [2.05, 4.69) is 12.2 Å². The van der Waals surface area contributed by atoms with Crippen LogP contribution in [0.2, 0.25) is 0 Å². The Kier molecular flexibility index (Phi) is 4.96. The lowest BCUT2D eigenvalue weighted by molar-refractivity contribution is 0.624. The highest BCUT2D eigenvalue weighted by molar-refractivity contribution is 5.44. The van der Waals surface area contributed by atoms with Gasteiger partial charge in [-0.15, -0.1) is 0 Å².